The van der Waals surface area contributed by atoms with Crippen molar-refractivity contribution in [1.82, 2.24) is 0 Å². The average Bonchev–Trinajstić information content (AvgIpc) is 2.37. The summed E-state index contributed by atoms with van der Waals surface area (Å²) < 4.78 is 26.2. The van der Waals surface area contributed by atoms with Crippen molar-refractivity contribution in [1.29, 1.82) is 0 Å². The van der Waals surface area contributed by atoms with Crippen molar-refractivity contribution < 1.29 is 28.8 Å². The second-order valence-electron chi connectivity index (χ2n) is 3.59. The lowest BCUT2D eigenvalue weighted by Crippen LogP contribution is -2.50. The highest BCUT2D eigenvalue weighted by Gasteiger charge is 2.35. The maximum Gasteiger partial charge on any atom is 0.114 e. The van der Waals surface area contributed by atoms with Gasteiger partial charge < -0.3 is 28.8 Å². The summed E-state index contributed by atoms with van der Waals surface area (Å²) in [6.45, 7) is 0.217. The van der Waals surface area contributed by atoms with Gasteiger partial charge in [-0.15, -0.1) is 0 Å². The van der Waals surface area contributed by atoms with Crippen LogP contribution in [0.3, 0.4) is 0 Å². The fourth-order valence-electron chi connectivity index (χ4n) is 1.77. The van der Waals surface area contributed by atoms with Crippen LogP contribution in [0.4, 0.5) is 0 Å². The third-order valence-corrected chi connectivity index (χ3v) is 2.72. The van der Waals surface area contributed by atoms with Crippen molar-refractivity contribution in [2.75, 3.05) is 48.8 Å². The Labute approximate surface area is 103 Å². The molecule has 0 aliphatic heterocycles. The predicted octanol–water partition coefficient (Wildman–Crippen LogP) is -0.315. The predicted molar refractivity (Wildman–Crippen MR) is 62.1 cm³/mol. The number of rotatable bonds is 10. The van der Waals surface area contributed by atoms with Gasteiger partial charge in [-0.05, 0) is 0 Å². The summed E-state index contributed by atoms with van der Waals surface area (Å²) in [7, 11) is 7.77. The first kappa shape index (κ1) is 16.8. The van der Waals surface area contributed by atoms with Crippen LogP contribution >= 0.6 is 0 Å². The normalized spacial score (nSPS) is 18.7. The molecule has 0 unspecified atom stereocenters. The Morgan fingerprint density at radius 2 is 1.24 bits per heavy atom. The SMILES string of the molecule is COC[C@H](OC)[C@H](OC)[C@@H](OC)[C@H](CO)OC. The van der Waals surface area contributed by atoms with Crippen molar-refractivity contribution in [2.45, 2.75) is 24.4 Å². The van der Waals surface area contributed by atoms with Gasteiger partial charge in [0.2, 0.25) is 0 Å². The Bertz CT molecular complexity index is 173. The highest BCUT2D eigenvalue weighted by atomic mass is 16.6. The molecule has 0 radical (unpaired) electrons. The lowest BCUT2D eigenvalue weighted by molar-refractivity contribution is -0.164. The van der Waals surface area contributed by atoms with Gasteiger partial charge in [-0.25, -0.2) is 0 Å². The van der Waals surface area contributed by atoms with Gasteiger partial charge in [0.05, 0.1) is 13.2 Å². The number of aliphatic hydroxyl groups is 1. The smallest absolute Gasteiger partial charge is 0.114 e. The first-order valence-electron chi connectivity index (χ1n) is 5.41. The summed E-state index contributed by atoms with van der Waals surface area (Å²) in [6, 6.07) is 0. The third kappa shape index (κ3) is 4.87. The Morgan fingerprint density at radius 1 is 0.765 bits per heavy atom. The third-order valence-electron chi connectivity index (χ3n) is 2.72. The Morgan fingerprint density at radius 3 is 1.53 bits per heavy atom. The van der Waals surface area contributed by atoms with Crippen LogP contribution in [0.1, 0.15) is 0 Å². The minimum Gasteiger partial charge on any atom is -0.394 e. The minimum absolute atomic E-state index is 0.154. The average molecular weight is 252 g/mol. The molecule has 0 heterocycles. The van der Waals surface area contributed by atoms with E-state index in [0.717, 1.165) is 0 Å². The lowest BCUT2D eigenvalue weighted by atomic mass is 10.0. The van der Waals surface area contributed by atoms with Gasteiger partial charge in [0.15, 0.2) is 0 Å². The molecule has 0 fully saturated rings. The molecule has 0 aliphatic carbocycles. The molecule has 0 amide bonds. The van der Waals surface area contributed by atoms with E-state index in [4.69, 9.17) is 23.7 Å². The van der Waals surface area contributed by atoms with Gasteiger partial charge in [-0.2, -0.15) is 0 Å². The molecular formula is C11H24O6. The molecule has 0 rings (SSSR count). The second-order valence-corrected chi connectivity index (χ2v) is 3.59. The number of hydrogen-bond donors (Lipinski definition) is 1. The first-order chi connectivity index (χ1) is 8.19. The van der Waals surface area contributed by atoms with Gasteiger partial charge in [0, 0.05) is 35.5 Å². The van der Waals surface area contributed by atoms with Gasteiger partial charge >= 0.3 is 0 Å². The molecule has 17 heavy (non-hydrogen) atoms. The zero-order valence-electron chi connectivity index (χ0n) is 11.2. The molecule has 1 N–H and O–H groups in total. The standard InChI is InChI=1S/C11H24O6/c1-13-7-9(15-3)11(17-5)10(16-4)8(6-12)14-2/h8-12H,6-7H2,1-5H3/t8-,9-,10-,11-/m0/s1. The van der Waals surface area contributed by atoms with Crippen molar-refractivity contribution in [2.24, 2.45) is 0 Å². The van der Waals surface area contributed by atoms with Crippen LogP contribution in [-0.2, 0) is 23.7 Å². The van der Waals surface area contributed by atoms with E-state index in [1.807, 2.05) is 0 Å². The Hall–Kier alpha value is -0.240. The summed E-state index contributed by atoms with van der Waals surface area (Å²) in [5.74, 6) is 0. The highest BCUT2D eigenvalue weighted by molar-refractivity contribution is 4.84. The number of hydrogen-bond acceptors (Lipinski definition) is 6. The molecule has 0 spiro atoms. The van der Waals surface area contributed by atoms with Crippen LogP contribution in [-0.4, -0.2) is 78.3 Å². The molecule has 0 saturated heterocycles. The van der Waals surface area contributed by atoms with E-state index in [9.17, 15) is 5.11 Å². The lowest BCUT2D eigenvalue weighted by Gasteiger charge is -2.34. The van der Waals surface area contributed by atoms with Crippen molar-refractivity contribution in [3.63, 3.8) is 0 Å². The van der Waals surface area contributed by atoms with Gasteiger partial charge in [0.1, 0.15) is 24.4 Å². The van der Waals surface area contributed by atoms with Gasteiger partial charge in [-0.1, -0.05) is 0 Å². The van der Waals surface area contributed by atoms with Crippen LogP contribution in [0.25, 0.3) is 0 Å². The molecular weight excluding hydrogens is 228 g/mol. The molecule has 0 saturated carbocycles. The van der Waals surface area contributed by atoms with Crippen LogP contribution in [0.5, 0.6) is 0 Å². The molecule has 0 aromatic heterocycles. The van der Waals surface area contributed by atoms with E-state index in [-0.39, 0.29) is 18.8 Å². The summed E-state index contributed by atoms with van der Waals surface area (Å²) in [5.41, 5.74) is 0. The first-order valence-corrected chi connectivity index (χ1v) is 5.41. The van der Waals surface area contributed by atoms with Crippen LogP contribution in [0.2, 0.25) is 0 Å². The second kappa shape index (κ2) is 9.76. The Kier molecular flexibility index (Phi) is 9.62. The van der Waals surface area contributed by atoms with Crippen molar-refractivity contribution in [3.8, 4) is 0 Å². The molecule has 0 aromatic rings. The Balaban J connectivity index is 4.76. The van der Waals surface area contributed by atoms with Gasteiger partial charge in [-0.3, -0.25) is 0 Å². The molecule has 0 aromatic carbocycles. The quantitative estimate of drug-likeness (QED) is 0.575. The summed E-state index contributed by atoms with van der Waals surface area (Å²) in [5, 5.41) is 9.22. The molecule has 104 valence electrons. The molecule has 6 heteroatoms. The van der Waals surface area contributed by atoms with Crippen LogP contribution in [0.15, 0.2) is 0 Å². The zero-order chi connectivity index (χ0) is 13.3. The summed E-state index contributed by atoms with van der Waals surface area (Å²) in [6.07, 6.45) is -1.59. The largest absolute Gasteiger partial charge is 0.394 e. The molecule has 0 bridgehead atoms. The monoisotopic (exact) mass is 252 g/mol. The highest BCUT2D eigenvalue weighted by Crippen LogP contribution is 2.16. The summed E-state index contributed by atoms with van der Waals surface area (Å²) in [4.78, 5) is 0. The fraction of sp³-hybridized carbons (Fsp3) is 1.00. The molecule has 4 atom stereocenters. The van der Waals surface area contributed by atoms with E-state index in [0.29, 0.717) is 6.61 Å². The molecule has 6 nitrogen and oxygen atoms in total. The van der Waals surface area contributed by atoms with E-state index in [1.165, 1.54) is 14.2 Å². The number of ether oxygens (including phenoxy) is 5. The summed E-state index contributed by atoms with van der Waals surface area (Å²) >= 11 is 0. The number of methoxy groups -OCH3 is 5. The minimum atomic E-state index is -0.473. The topological polar surface area (TPSA) is 66.4 Å². The van der Waals surface area contributed by atoms with Crippen LogP contribution < -0.4 is 0 Å². The van der Waals surface area contributed by atoms with Crippen molar-refractivity contribution in [3.05, 3.63) is 0 Å². The van der Waals surface area contributed by atoms with E-state index < -0.39 is 12.2 Å². The zero-order valence-corrected chi connectivity index (χ0v) is 11.2. The van der Waals surface area contributed by atoms with Crippen LogP contribution in [0, 0.1) is 0 Å². The molecule has 0 aliphatic rings. The van der Waals surface area contributed by atoms with E-state index in [1.54, 1.807) is 21.3 Å². The van der Waals surface area contributed by atoms with E-state index >= 15 is 0 Å². The van der Waals surface area contributed by atoms with E-state index in [2.05, 4.69) is 0 Å². The van der Waals surface area contributed by atoms with Crippen molar-refractivity contribution >= 4 is 0 Å². The van der Waals surface area contributed by atoms with Gasteiger partial charge in [0.25, 0.3) is 0 Å². The maximum atomic E-state index is 9.22. The maximum absolute atomic E-state index is 9.22. The fourth-order valence-corrected chi connectivity index (χ4v) is 1.77. The number of aliphatic hydroxyl groups excluding tert-OH is 1.